The van der Waals surface area contributed by atoms with Gasteiger partial charge < -0.3 is 0 Å². The van der Waals surface area contributed by atoms with Crippen LogP contribution in [0.4, 0.5) is 0 Å². The molecule has 210 valence electrons. The number of hydrogen-bond acceptors (Lipinski definition) is 2. The molecule has 6 aromatic carbocycles. The summed E-state index contributed by atoms with van der Waals surface area (Å²) in [6.07, 6.45) is 0. The highest BCUT2D eigenvalue weighted by Gasteiger charge is 2.25. The molecule has 4 aromatic heterocycles. The third kappa shape index (κ3) is 2.98. The molecule has 5 heteroatoms. The third-order valence-corrected chi connectivity index (χ3v) is 9.69. The summed E-state index contributed by atoms with van der Waals surface area (Å²) in [5.74, 6) is 2.27. The Labute approximate surface area is 252 Å². The van der Waals surface area contributed by atoms with Crippen LogP contribution in [-0.4, -0.2) is 23.2 Å². The summed E-state index contributed by atoms with van der Waals surface area (Å²) in [5, 5.41) is 4.82. The van der Waals surface area contributed by atoms with Gasteiger partial charge in [0.05, 0.1) is 33.1 Å². The number of rotatable bonds is 2. The highest BCUT2D eigenvalue weighted by Crippen LogP contribution is 2.40. The van der Waals surface area contributed by atoms with Crippen molar-refractivity contribution in [3.05, 3.63) is 114 Å². The quantitative estimate of drug-likeness (QED) is 0.209. The zero-order valence-electron chi connectivity index (χ0n) is 25.1. The van der Waals surface area contributed by atoms with Crippen LogP contribution < -0.4 is 0 Å². The van der Waals surface area contributed by atoms with E-state index >= 15 is 0 Å². The van der Waals surface area contributed by atoms with E-state index in [1.807, 2.05) is 0 Å². The Hall–Kier alpha value is -5.42. The minimum atomic E-state index is 0.483. The monoisotopic (exact) mass is 567 g/mol. The molecule has 5 nitrogen and oxygen atoms in total. The maximum Gasteiger partial charge on any atom is 0.223 e. The minimum absolute atomic E-state index is 0.483. The molecule has 0 unspecified atom stereocenters. The zero-order valence-corrected chi connectivity index (χ0v) is 25.1. The zero-order chi connectivity index (χ0) is 29.4. The normalized spacial score (nSPS) is 12.8. The molecule has 0 amide bonds. The highest BCUT2D eigenvalue weighted by atomic mass is 15.3. The smallest absolute Gasteiger partial charge is 0.223 e. The summed E-state index contributed by atoms with van der Waals surface area (Å²) in [5.41, 5.74) is 14.2. The third-order valence-electron chi connectivity index (χ3n) is 9.69. The van der Waals surface area contributed by atoms with Crippen molar-refractivity contribution in [1.29, 1.82) is 0 Å². The van der Waals surface area contributed by atoms with Crippen molar-refractivity contribution in [3.63, 3.8) is 0 Å². The number of benzene rings is 6. The molecular weight excluding hydrogens is 538 g/mol. The molecule has 4 heterocycles. The van der Waals surface area contributed by atoms with Gasteiger partial charge in [-0.05, 0) is 106 Å². The van der Waals surface area contributed by atoms with Gasteiger partial charge in [0.2, 0.25) is 11.6 Å². The molecule has 0 aliphatic carbocycles. The van der Waals surface area contributed by atoms with Crippen molar-refractivity contribution in [2.45, 2.75) is 33.6 Å². The van der Waals surface area contributed by atoms with E-state index in [4.69, 9.17) is 9.97 Å². The van der Waals surface area contributed by atoms with E-state index in [0.717, 1.165) is 50.2 Å². The average Bonchev–Trinajstić information content (AvgIpc) is 3.73. The van der Waals surface area contributed by atoms with Gasteiger partial charge >= 0.3 is 0 Å². The van der Waals surface area contributed by atoms with Gasteiger partial charge in [0, 0.05) is 0 Å². The van der Waals surface area contributed by atoms with Crippen molar-refractivity contribution in [2.24, 2.45) is 0 Å². The van der Waals surface area contributed by atoms with Gasteiger partial charge in [-0.3, -0.25) is 8.80 Å². The van der Waals surface area contributed by atoms with Crippen LogP contribution in [0.25, 0.3) is 82.8 Å². The molecular formula is C39H29N5. The van der Waals surface area contributed by atoms with Gasteiger partial charge in [0.15, 0.2) is 0 Å². The lowest BCUT2D eigenvalue weighted by atomic mass is 9.90. The molecule has 0 atom stereocenters. The van der Waals surface area contributed by atoms with E-state index in [1.54, 1.807) is 0 Å². The van der Waals surface area contributed by atoms with E-state index in [-0.39, 0.29) is 0 Å². The van der Waals surface area contributed by atoms with Crippen LogP contribution in [0.1, 0.15) is 36.5 Å². The average molecular weight is 568 g/mol. The Morgan fingerprint density at radius 2 is 0.977 bits per heavy atom. The molecule has 0 aliphatic rings. The number of nitrogens with zero attached hydrogens (tertiary/aromatic N) is 5. The molecule has 0 N–H and O–H groups in total. The van der Waals surface area contributed by atoms with Gasteiger partial charge in [-0.1, -0.05) is 74.5 Å². The second-order valence-electron chi connectivity index (χ2n) is 12.8. The summed E-state index contributed by atoms with van der Waals surface area (Å²) in [6.45, 7) is 9.04. The number of aromatic nitrogens is 5. The van der Waals surface area contributed by atoms with Crippen LogP contribution in [0, 0.1) is 13.8 Å². The second kappa shape index (κ2) is 8.14. The molecule has 0 saturated carbocycles. The fourth-order valence-electron chi connectivity index (χ4n) is 7.67. The molecule has 10 rings (SSSR count). The lowest BCUT2D eigenvalue weighted by Gasteiger charge is -2.15. The van der Waals surface area contributed by atoms with Crippen LogP contribution >= 0.6 is 0 Å². The minimum Gasteiger partial charge on any atom is -0.276 e. The Bertz CT molecular complexity index is 2640. The lowest BCUT2D eigenvalue weighted by molar-refractivity contribution is 0.863. The standard InChI is InChI=1S/C39H29N5/c1-21(2)28-13-22(3)36(23(4)14-28)29-19-34-37-35(20-29)43-33-18-27-12-8-6-10-25(27)16-31(33)41-39(43)44(37)38-40-30-15-24-9-5-7-11-26(24)17-32(30)42(34)38/h5-21H,1-4H3. The van der Waals surface area contributed by atoms with E-state index in [9.17, 15) is 0 Å². The van der Waals surface area contributed by atoms with E-state index in [0.29, 0.717) is 5.92 Å². The fraction of sp³-hybridized carbons (Fsp3) is 0.128. The predicted octanol–water partition coefficient (Wildman–Crippen LogP) is 9.85. The first-order chi connectivity index (χ1) is 21.4. The SMILES string of the molecule is Cc1cc(C(C)C)cc(C)c1-c1cc2c3c(c1)n1c4cc5ccccc5cc4nc1n3c1nc3cc4ccccc4cc3n21. The predicted molar refractivity (Wildman–Crippen MR) is 183 cm³/mol. The largest absolute Gasteiger partial charge is 0.276 e. The highest BCUT2D eigenvalue weighted by molar-refractivity contribution is 6.08. The van der Waals surface area contributed by atoms with Gasteiger partial charge in [0.1, 0.15) is 5.52 Å². The van der Waals surface area contributed by atoms with Crippen LogP contribution in [0.3, 0.4) is 0 Å². The van der Waals surface area contributed by atoms with Crippen LogP contribution in [0.2, 0.25) is 0 Å². The first kappa shape index (κ1) is 24.1. The number of hydrogen-bond donors (Lipinski definition) is 0. The Kier molecular flexibility index (Phi) is 4.45. The Morgan fingerprint density at radius 1 is 0.523 bits per heavy atom. The first-order valence-electron chi connectivity index (χ1n) is 15.4. The Morgan fingerprint density at radius 3 is 1.43 bits per heavy atom. The number of fused-ring (bicyclic) bond motifs is 12. The first-order valence-corrected chi connectivity index (χ1v) is 15.4. The van der Waals surface area contributed by atoms with Crippen molar-refractivity contribution < 1.29 is 0 Å². The molecule has 44 heavy (non-hydrogen) atoms. The van der Waals surface area contributed by atoms with Crippen molar-refractivity contribution in [1.82, 2.24) is 23.2 Å². The molecule has 0 radical (unpaired) electrons. The van der Waals surface area contributed by atoms with E-state index < -0.39 is 0 Å². The maximum atomic E-state index is 5.27. The van der Waals surface area contributed by atoms with Gasteiger partial charge in [-0.2, -0.15) is 0 Å². The topological polar surface area (TPSA) is 39.0 Å². The molecule has 0 aliphatic heterocycles. The molecule has 0 spiro atoms. The van der Waals surface area contributed by atoms with Crippen molar-refractivity contribution in [3.8, 4) is 11.1 Å². The van der Waals surface area contributed by atoms with Crippen molar-refractivity contribution >= 4 is 71.7 Å². The molecule has 0 saturated heterocycles. The van der Waals surface area contributed by atoms with Crippen molar-refractivity contribution in [2.75, 3.05) is 0 Å². The summed E-state index contributed by atoms with van der Waals surface area (Å²) in [4.78, 5) is 10.5. The maximum absolute atomic E-state index is 5.27. The molecule has 10 aromatic rings. The number of imidazole rings is 4. The summed E-state index contributed by atoms with van der Waals surface area (Å²) < 4.78 is 6.96. The lowest BCUT2D eigenvalue weighted by Crippen LogP contribution is -1.95. The van der Waals surface area contributed by atoms with Gasteiger partial charge in [-0.25, -0.2) is 14.4 Å². The summed E-state index contributed by atoms with van der Waals surface area (Å²) in [7, 11) is 0. The molecule has 0 fully saturated rings. The van der Waals surface area contributed by atoms with Crippen LogP contribution in [0.5, 0.6) is 0 Å². The van der Waals surface area contributed by atoms with Gasteiger partial charge in [-0.15, -0.1) is 0 Å². The van der Waals surface area contributed by atoms with Gasteiger partial charge in [0.25, 0.3) is 0 Å². The Balaban J connectivity index is 1.42. The van der Waals surface area contributed by atoms with Crippen LogP contribution in [0.15, 0.2) is 97.1 Å². The summed E-state index contributed by atoms with van der Waals surface area (Å²) >= 11 is 0. The fourth-order valence-corrected chi connectivity index (χ4v) is 7.67. The number of aryl methyl sites for hydroxylation is 2. The second-order valence-corrected chi connectivity index (χ2v) is 12.8. The molecule has 0 bridgehead atoms. The van der Waals surface area contributed by atoms with E-state index in [2.05, 4.69) is 138 Å². The van der Waals surface area contributed by atoms with Crippen LogP contribution in [-0.2, 0) is 0 Å². The van der Waals surface area contributed by atoms with E-state index in [1.165, 1.54) is 49.4 Å². The summed E-state index contributed by atoms with van der Waals surface area (Å²) in [6, 6.07) is 35.5.